The van der Waals surface area contributed by atoms with E-state index in [1.807, 2.05) is 24.3 Å². The molecule has 1 N–H and O–H groups in total. The van der Waals surface area contributed by atoms with Crippen molar-refractivity contribution in [1.29, 1.82) is 0 Å². The van der Waals surface area contributed by atoms with Crippen molar-refractivity contribution >= 4 is 0 Å². The van der Waals surface area contributed by atoms with E-state index in [1.54, 1.807) is 0 Å². The molecule has 0 saturated carbocycles. The first-order valence-corrected chi connectivity index (χ1v) is 7.52. The number of rotatable bonds is 5. The van der Waals surface area contributed by atoms with Gasteiger partial charge in [-0.3, -0.25) is 4.90 Å². The lowest BCUT2D eigenvalue weighted by Gasteiger charge is -2.41. The van der Waals surface area contributed by atoms with Gasteiger partial charge in [0, 0.05) is 25.0 Å². The SMILES string of the molecule is C=CC[C@@H]1c2cccn2CCN1[C@H](CO)c1ccccc1. The highest BCUT2D eigenvalue weighted by molar-refractivity contribution is 5.22. The van der Waals surface area contributed by atoms with E-state index in [0.29, 0.717) is 0 Å². The monoisotopic (exact) mass is 282 g/mol. The number of benzene rings is 1. The molecule has 1 aromatic carbocycles. The van der Waals surface area contributed by atoms with Crippen molar-refractivity contribution in [3.05, 3.63) is 72.6 Å². The summed E-state index contributed by atoms with van der Waals surface area (Å²) >= 11 is 0. The first kappa shape index (κ1) is 14.1. The molecule has 3 heteroatoms. The number of fused-ring (bicyclic) bond motifs is 1. The predicted molar refractivity (Wildman–Crippen MR) is 85.0 cm³/mol. The third kappa shape index (κ3) is 2.67. The quantitative estimate of drug-likeness (QED) is 0.853. The van der Waals surface area contributed by atoms with E-state index in [4.69, 9.17) is 0 Å². The Balaban J connectivity index is 1.94. The zero-order valence-electron chi connectivity index (χ0n) is 12.2. The highest BCUT2D eigenvalue weighted by Crippen LogP contribution is 2.35. The van der Waals surface area contributed by atoms with Crippen LogP contribution >= 0.6 is 0 Å². The Morgan fingerprint density at radius 1 is 1.19 bits per heavy atom. The fraction of sp³-hybridized carbons (Fsp3) is 0.333. The van der Waals surface area contributed by atoms with E-state index >= 15 is 0 Å². The lowest BCUT2D eigenvalue weighted by Crippen LogP contribution is -2.41. The van der Waals surface area contributed by atoms with Gasteiger partial charge in [-0.2, -0.15) is 0 Å². The summed E-state index contributed by atoms with van der Waals surface area (Å²) in [5.74, 6) is 0. The van der Waals surface area contributed by atoms with E-state index in [-0.39, 0.29) is 18.7 Å². The Hall–Kier alpha value is -1.84. The molecule has 1 aromatic heterocycles. The van der Waals surface area contributed by atoms with Crippen molar-refractivity contribution in [3.8, 4) is 0 Å². The molecule has 0 saturated heterocycles. The van der Waals surface area contributed by atoms with Crippen LogP contribution in [0.3, 0.4) is 0 Å². The highest BCUT2D eigenvalue weighted by atomic mass is 16.3. The van der Waals surface area contributed by atoms with Crippen molar-refractivity contribution in [3.63, 3.8) is 0 Å². The molecule has 0 bridgehead atoms. The van der Waals surface area contributed by atoms with Gasteiger partial charge in [-0.15, -0.1) is 6.58 Å². The van der Waals surface area contributed by atoms with E-state index in [0.717, 1.165) is 19.5 Å². The van der Waals surface area contributed by atoms with Crippen molar-refractivity contribution < 1.29 is 5.11 Å². The molecule has 0 unspecified atom stereocenters. The first-order valence-electron chi connectivity index (χ1n) is 7.52. The van der Waals surface area contributed by atoms with E-state index < -0.39 is 0 Å². The Kier molecular flexibility index (Phi) is 4.23. The molecule has 0 radical (unpaired) electrons. The Labute approximate surface area is 126 Å². The highest BCUT2D eigenvalue weighted by Gasteiger charge is 2.31. The maximum Gasteiger partial charge on any atom is 0.0628 e. The van der Waals surface area contributed by atoms with Gasteiger partial charge in [-0.05, 0) is 24.1 Å². The van der Waals surface area contributed by atoms with Crippen LogP contribution in [0.15, 0.2) is 61.3 Å². The number of hydrogen-bond donors (Lipinski definition) is 1. The van der Waals surface area contributed by atoms with Gasteiger partial charge >= 0.3 is 0 Å². The molecule has 3 rings (SSSR count). The molecular formula is C18H22N2O. The van der Waals surface area contributed by atoms with E-state index in [1.165, 1.54) is 11.3 Å². The molecule has 0 fully saturated rings. The number of hydrogen-bond acceptors (Lipinski definition) is 2. The summed E-state index contributed by atoms with van der Waals surface area (Å²) in [6, 6.07) is 14.9. The minimum atomic E-state index is 0.0415. The van der Waals surface area contributed by atoms with Crippen LogP contribution in [0.25, 0.3) is 0 Å². The van der Waals surface area contributed by atoms with Gasteiger partial charge in [0.1, 0.15) is 0 Å². The summed E-state index contributed by atoms with van der Waals surface area (Å²) in [5.41, 5.74) is 2.49. The molecule has 0 spiro atoms. The van der Waals surface area contributed by atoms with Crippen molar-refractivity contribution in [2.45, 2.75) is 25.0 Å². The summed E-state index contributed by atoms with van der Waals surface area (Å²) in [6.45, 7) is 5.96. The molecule has 0 aliphatic carbocycles. The standard InChI is InChI=1S/C18H22N2O/c1-2-7-17-16-10-6-11-19(16)12-13-20(17)18(14-21)15-8-4-3-5-9-15/h2-6,8-11,17-18,21H,1,7,12-14H2/t17-,18-/m1/s1. The first-order chi connectivity index (χ1) is 10.3. The minimum Gasteiger partial charge on any atom is -0.394 e. The number of aromatic nitrogens is 1. The summed E-state index contributed by atoms with van der Waals surface area (Å²) in [5, 5.41) is 9.94. The second-order valence-corrected chi connectivity index (χ2v) is 5.51. The molecule has 2 heterocycles. The van der Waals surface area contributed by atoms with Gasteiger partial charge in [0.05, 0.1) is 18.7 Å². The summed E-state index contributed by atoms with van der Waals surface area (Å²) in [4.78, 5) is 2.41. The smallest absolute Gasteiger partial charge is 0.0628 e. The van der Waals surface area contributed by atoms with Crippen LogP contribution in [0.2, 0.25) is 0 Å². The molecule has 21 heavy (non-hydrogen) atoms. The maximum absolute atomic E-state index is 9.94. The van der Waals surface area contributed by atoms with Gasteiger partial charge in [0.2, 0.25) is 0 Å². The summed E-state index contributed by atoms with van der Waals surface area (Å²) < 4.78 is 2.31. The Bertz CT molecular complexity index is 590. The van der Waals surface area contributed by atoms with E-state index in [2.05, 4.69) is 46.5 Å². The van der Waals surface area contributed by atoms with Crippen molar-refractivity contribution in [1.82, 2.24) is 9.47 Å². The minimum absolute atomic E-state index is 0.0415. The molecule has 2 atom stereocenters. The molecule has 1 aliphatic heterocycles. The zero-order chi connectivity index (χ0) is 14.7. The van der Waals surface area contributed by atoms with Gasteiger partial charge in [-0.1, -0.05) is 36.4 Å². The molecule has 2 aromatic rings. The Morgan fingerprint density at radius 3 is 2.71 bits per heavy atom. The largest absolute Gasteiger partial charge is 0.394 e. The van der Waals surface area contributed by atoms with Gasteiger partial charge in [0.25, 0.3) is 0 Å². The third-order valence-corrected chi connectivity index (χ3v) is 4.35. The second kappa shape index (κ2) is 6.29. The van der Waals surface area contributed by atoms with E-state index in [9.17, 15) is 5.11 Å². The van der Waals surface area contributed by atoms with Crippen LogP contribution in [-0.4, -0.2) is 27.7 Å². The Morgan fingerprint density at radius 2 is 2.00 bits per heavy atom. The number of aliphatic hydroxyl groups excluding tert-OH is 1. The van der Waals surface area contributed by atoms with Gasteiger partial charge < -0.3 is 9.67 Å². The van der Waals surface area contributed by atoms with Crippen molar-refractivity contribution in [2.24, 2.45) is 0 Å². The zero-order valence-corrected chi connectivity index (χ0v) is 12.2. The van der Waals surface area contributed by atoms with Gasteiger partial charge in [-0.25, -0.2) is 0 Å². The fourth-order valence-electron chi connectivity index (χ4n) is 3.35. The fourth-order valence-corrected chi connectivity index (χ4v) is 3.35. The third-order valence-electron chi connectivity index (χ3n) is 4.35. The molecule has 110 valence electrons. The molecule has 1 aliphatic rings. The number of nitrogens with zero attached hydrogens (tertiary/aromatic N) is 2. The van der Waals surface area contributed by atoms with Crippen LogP contribution in [-0.2, 0) is 6.54 Å². The normalized spacial score (nSPS) is 20.0. The number of aliphatic hydroxyl groups is 1. The predicted octanol–water partition coefficient (Wildman–Crippen LogP) is 3.15. The van der Waals surface area contributed by atoms with Crippen LogP contribution in [0, 0.1) is 0 Å². The van der Waals surface area contributed by atoms with Crippen LogP contribution in [0.1, 0.15) is 29.8 Å². The topological polar surface area (TPSA) is 28.4 Å². The second-order valence-electron chi connectivity index (χ2n) is 5.51. The van der Waals surface area contributed by atoms with Crippen LogP contribution < -0.4 is 0 Å². The lowest BCUT2D eigenvalue weighted by molar-refractivity contribution is 0.0611. The van der Waals surface area contributed by atoms with Gasteiger partial charge in [0.15, 0.2) is 0 Å². The van der Waals surface area contributed by atoms with Crippen LogP contribution in [0.4, 0.5) is 0 Å². The van der Waals surface area contributed by atoms with Crippen molar-refractivity contribution in [2.75, 3.05) is 13.2 Å². The molecule has 0 amide bonds. The van der Waals surface area contributed by atoms with Crippen LogP contribution in [0.5, 0.6) is 0 Å². The molecular weight excluding hydrogens is 260 g/mol. The lowest BCUT2D eigenvalue weighted by atomic mass is 9.99. The average molecular weight is 282 g/mol. The summed E-state index contributed by atoms with van der Waals surface area (Å²) in [6.07, 6.45) is 5.01. The molecule has 3 nitrogen and oxygen atoms in total. The average Bonchev–Trinajstić information content (AvgIpc) is 3.00. The summed E-state index contributed by atoms with van der Waals surface area (Å²) in [7, 11) is 0. The maximum atomic E-state index is 9.94.